The second-order valence-corrected chi connectivity index (χ2v) is 10.3. The van der Waals surface area contributed by atoms with Crippen LogP contribution in [0.25, 0.3) is 6.08 Å². The molecule has 42 heavy (non-hydrogen) atoms. The van der Waals surface area contributed by atoms with Crippen LogP contribution in [0, 0.1) is 9.39 Å². The van der Waals surface area contributed by atoms with E-state index in [2.05, 4.69) is 27.9 Å². The highest BCUT2D eigenvalue weighted by Crippen LogP contribution is 2.35. The summed E-state index contributed by atoms with van der Waals surface area (Å²) < 4.78 is 31.1. The van der Waals surface area contributed by atoms with Gasteiger partial charge in [0, 0.05) is 0 Å². The van der Waals surface area contributed by atoms with Crippen molar-refractivity contribution in [3.63, 3.8) is 0 Å². The fraction of sp³-hybridized carbons (Fsp3) is 0.0938. The Hall–Kier alpha value is -4.71. The van der Waals surface area contributed by atoms with Gasteiger partial charge in [-0.2, -0.15) is 0 Å². The van der Waals surface area contributed by atoms with Gasteiger partial charge in [0.2, 0.25) is 0 Å². The van der Waals surface area contributed by atoms with Crippen molar-refractivity contribution in [1.82, 2.24) is 5.32 Å². The van der Waals surface area contributed by atoms with Gasteiger partial charge in [-0.05, 0) is 93.9 Å². The molecule has 4 aromatic rings. The van der Waals surface area contributed by atoms with Crippen LogP contribution in [0.5, 0.6) is 17.2 Å². The molecule has 1 fully saturated rings. The van der Waals surface area contributed by atoms with E-state index in [0.29, 0.717) is 33.0 Å². The summed E-state index contributed by atoms with van der Waals surface area (Å²) >= 11 is 2.06. The molecule has 1 saturated heterocycles. The lowest BCUT2D eigenvalue weighted by Crippen LogP contribution is -2.54. The number of imide groups is 2. The minimum atomic E-state index is -0.850. The standard InChI is InChI=1S/C32H24FIN2O6/c1-40-28-17-22(16-27(34)29(28)42-19-21-7-9-23(33)10-8-21)15-26-30(37)35-32(39)36(31(26)38)24-11-13-25(14-12-24)41-18-20-5-3-2-4-6-20/h2-17H,18-19H2,1H3,(H,35,37,39)/b26-15+. The molecule has 1 heterocycles. The predicted octanol–water partition coefficient (Wildman–Crippen LogP) is 6.26. The first-order valence-electron chi connectivity index (χ1n) is 12.8. The van der Waals surface area contributed by atoms with E-state index in [1.165, 1.54) is 25.3 Å². The molecular weight excluding hydrogens is 654 g/mol. The molecule has 10 heteroatoms. The Morgan fingerprint density at radius 2 is 1.52 bits per heavy atom. The van der Waals surface area contributed by atoms with E-state index in [-0.39, 0.29) is 23.7 Å². The molecule has 0 bridgehead atoms. The molecule has 1 N–H and O–H groups in total. The van der Waals surface area contributed by atoms with Crippen molar-refractivity contribution in [2.75, 3.05) is 12.0 Å². The second-order valence-electron chi connectivity index (χ2n) is 9.18. The van der Waals surface area contributed by atoms with Crippen LogP contribution in [0.15, 0.2) is 96.6 Å². The summed E-state index contributed by atoms with van der Waals surface area (Å²) in [5.41, 5.74) is 2.31. The number of rotatable bonds is 9. The Balaban J connectivity index is 1.34. The lowest BCUT2D eigenvalue weighted by Gasteiger charge is -2.26. The summed E-state index contributed by atoms with van der Waals surface area (Å²) in [6.45, 7) is 0.546. The van der Waals surface area contributed by atoms with Gasteiger partial charge in [0.15, 0.2) is 11.5 Å². The molecule has 0 radical (unpaired) electrons. The number of methoxy groups -OCH3 is 1. The fourth-order valence-electron chi connectivity index (χ4n) is 4.19. The maximum atomic E-state index is 13.4. The van der Waals surface area contributed by atoms with Gasteiger partial charge < -0.3 is 14.2 Å². The third kappa shape index (κ3) is 6.60. The van der Waals surface area contributed by atoms with Gasteiger partial charge in [-0.1, -0.05) is 42.5 Å². The average Bonchev–Trinajstić information content (AvgIpc) is 2.99. The Labute approximate surface area is 254 Å². The van der Waals surface area contributed by atoms with Crippen LogP contribution in [0.2, 0.25) is 0 Å². The van der Waals surface area contributed by atoms with Gasteiger partial charge in [0.05, 0.1) is 16.4 Å². The van der Waals surface area contributed by atoms with Gasteiger partial charge in [0.1, 0.15) is 30.4 Å². The number of hydrogen-bond acceptors (Lipinski definition) is 6. The van der Waals surface area contributed by atoms with Crippen molar-refractivity contribution in [3.8, 4) is 17.2 Å². The summed E-state index contributed by atoms with van der Waals surface area (Å²) in [6, 6.07) is 24.5. The zero-order valence-electron chi connectivity index (χ0n) is 22.3. The Morgan fingerprint density at radius 1 is 0.857 bits per heavy atom. The molecular formula is C32H24FIN2O6. The number of carbonyl (C=O) groups excluding carboxylic acids is 3. The van der Waals surface area contributed by atoms with Crippen LogP contribution < -0.4 is 24.4 Å². The van der Waals surface area contributed by atoms with Crippen molar-refractivity contribution in [1.29, 1.82) is 0 Å². The predicted molar refractivity (Wildman–Crippen MR) is 163 cm³/mol. The highest BCUT2D eigenvalue weighted by molar-refractivity contribution is 14.1. The molecule has 5 rings (SSSR count). The molecule has 1 aliphatic rings. The van der Waals surface area contributed by atoms with Crippen LogP contribution in [0.1, 0.15) is 16.7 Å². The van der Waals surface area contributed by atoms with Gasteiger partial charge in [-0.25, -0.2) is 14.1 Å². The number of ether oxygens (including phenoxy) is 3. The zero-order valence-corrected chi connectivity index (χ0v) is 24.5. The lowest BCUT2D eigenvalue weighted by molar-refractivity contribution is -0.122. The molecule has 4 amide bonds. The normalized spacial score (nSPS) is 14.1. The largest absolute Gasteiger partial charge is 0.493 e. The number of nitrogens with zero attached hydrogens (tertiary/aromatic N) is 1. The van der Waals surface area contributed by atoms with Crippen LogP contribution >= 0.6 is 22.6 Å². The summed E-state index contributed by atoms with van der Waals surface area (Å²) in [6.07, 6.45) is 1.39. The maximum absolute atomic E-state index is 13.4. The first-order valence-corrected chi connectivity index (χ1v) is 13.8. The van der Waals surface area contributed by atoms with Gasteiger partial charge >= 0.3 is 6.03 Å². The molecule has 1 aliphatic heterocycles. The molecule has 0 unspecified atom stereocenters. The lowest BCUT2D eigenvalue weighted by atomic mass is 10.1. The van der Waals surface area contributed by atoms with Crippen LogP contribution in [-0.2, 0) is 22.8 Å². The quantitative estimate of drug-likeness (QED) is 0.128. The monoisotopic (exact) mass is 678 g/mol. The van der Waals surface area contributed by atoms with Crippen molar-refractivity contribution in [3.05, 3.63) is 123 Å². The van der Waals surface area contributed by atoms with Crippen LogP contribution in [-0.4, -0.2) is 25.0 Å². The number of anilines is 1. The summed E-state index contributed by atoms with van der Waals surface area (Å²) in [4.78, 5) is 39.7. The third-order valence-electron chi connectivity index (χ3n) is 6.30. The first-order chi connectivity index (χ1) is 20.3. The smallest absolute Gasteiger partial charge is 0.335 e. The Kier molecular flexibility index (Phi) is 8.82. The number of barbiturate groups is 1. The SMILES string of the molecule is COc1cc(/C=C2\C(=O)NC(=O)N(c3ccc(OCc4ccccc4)cc3)C2=O)cc(I)c1OCc1ccc(F)cc1. The van der Waals surface area contributed by atoms with Crippen LogP contribution in [0.3, 0.4) is 0 Å². The summed E-state index contributed by atoms with van der Waals surface area (Å²) in [5, 5.41) is 2.23. The molecule has 0 spiro atoms. The van der Waals surface area contributed by atoms with E-state index in [1.807, 2.05) is 30.3 Å². The van der Waals surface area contributed by atoms with Gasteiger partial charge in [-0.3, -0.25) is 14.9 Å². The average molecular weight is 678 g/mol. The highest BCUT2D eigenvalue weighted by atomic mass is 127. The summed E-state index contributed by atoms with van der Waals surface area (Å²) in [7, 11) is 1.47. The van der Waals surface area contributed by atoms with E-state index in [0.717, 1.165) is 16.0 Å². The number of halogens is 2. The topological polar surface area (TPSA) is 94.2 Å². The minimum Gasteiger partial charge on any atom is -0.493 e. The first kappa shape index (κ1) is 28.8. The number of nitrogens with one attached hydrogen (secondary N) is 1. The summed E-state index contributed by atoms with van der Waals surface area (Å²) in [5.74, 6) is -0.534. The van der Waals surface area contributed by atoms with Crippen molar-refractivity contribution in [2.45, 2.75) is 13.2 Å². The molecule has 212 valence electrons. The Morgan fingerprint density at radius 3 is 2.21 bits per heavy atom. The van der Waals surface area contributed by atoms with Crippen molar-refractivity contribution >= 4 is 52.2 Å². The van der Waals surface area contributed by atoms with Crippen LogP contribution in [0.4, 0.5) is 14.9 Å². The molecule has 8 nitrogen and oxygen atoms in total. The molecule has 0 atom stereocenters. The van der Waals surface area contributed by atoms with Crippen molar-refractivity contribution in [2.24, 2.45) is 0 Å². The molecule has 0 saturated carbocycles. The molecule has 0 aliphatic carbocycles. The molecule has 4 aromatic carbocycles. The van der Waals surface area contributed by atoms with E-state index in [1.54, 1.807) is 48.5 Å². The fourth-order valence-corrected chi connectivity index (χ4v) is 4.97. The van der Waals surface area contributed by atoms with Crippen molar-refractivity contribution < 1.29 is 33.0 Å². The highest BCUT2D eigenvalue weighted by Gasteiger charge is 2.37. The zero-order chi connectivity index (χ0) is 29.6. The van der Waals surface area contributed by atoms with E-state index in [4.69, 9.17) is 14.2 Å². The maximum Gasteiger partial charge on any atom is 0.335 e. The Bertz CT molecular complexity index is 1660. The minimum absolute atomic E-state index is 0.182. The molecule has 0 aromatic heterocycles. The van der Waals surface area contributed by atoms with E-state index >= 15 is 0 Å². The van der Waals surface area contributed by atoms with Gasteiger partial charge in [-0.15, -0.1) is 0 Å². The van der Waals surface area contributed by atoms with E-state index in [9.17, 15) is 18.8 Å². The van der Waals surface area contributed by atoms with E-state index < -0.39 is 17.8 Å². The third-order valence-corrected chi connectivity index (χ3v) is 7.11. The number of amides is 4. The number of hydrogen-bond donors (Lipinski definition) is 1. The second kappa shape index (κ2) is 12.9. The van der Waals surface area contributed by atoms with Gasteiger partial charge in [0.25, 0.3) is 11.8 Å². The number of urea groups is 1. The number of carbonyl (C=O) groups is 3. The number of benzene rings is 4.